The molecule has 0 heterocycles. The van der Waals surface area contributed by atoms with Gasteiger partial charge in [0.05, 0.1) is 12.6 Å². The van der Waals surface area contributed by atoms with E-state index in [0.29, 0.717) is 12.5 Å². The lowest BCUT2D eigenvalue weighted by atomic mass is 9.90. The van der Waals surface area contributed by atoms with E-state index in [2.05, 4.69) is 23.8 Å². The number of hydrogen-bond donors (Lipinski definition) is 0. The van der Waals surface area contributed by atoms with Gasteiger partial charge in [-0.3, -0.25) is 0 Å². The fourth-order valence-electron chi connectivity index (χ4n) is 2.43. The van der Waals surface area contributed by atoms with Gasteiger partial charge in [-0.15, -0.1) is 0 Å². The molecule has 0 aliphatic rings. The third kappa shape index (κ3) is 9.35. The zero-order chi connectivity index (χ0) is 14.3. The van der Waals surface area contributed by atoms with Gasteiger partial charge in [0.1, 0.15) is 0 Å². The SMILES string of the molecule is CCC(CC)C(CCCCCCCN=C=O)N=C=O. The second kappa shape index (κ2) is 13.2. The summed E-state index contributed by atoms with van der Waals surface area (Å²) < 4.78 is 0. The summed E-state index contributed by atoms with van der Waals surface area (Å²) in [5.74, 6) is 0.503. The molecule has 0 aromatic heterocycles. The molecule has 0 fully saturated rings. The Morgan fingerprint density at radius 2 is 1.53 bits per heavy atom. The number of aliphatic imine (C=N–C) groups is 2. The molecule has 108 valence electrons. The molecule has 0 N–H and O–H groups in total. The Kier molecular flexibility index (Phi) is 12.3. The first-order valence-electron chi connectivity index (χ1n) is 7.40. The van der Waals surface area contributed by atoms with Crippen LogP contribution in [-0.2, 0) is 9.59 Å². The molecule has 0 amide bonds. The van der Waals surface area contributed by atoms with E-state index in [-0.39, 0.29) is 6.04 Å². The van der Waals surface area contributed by atoms with Crippen LogP contribution in [0.2, 0.25) is 0 Å². The van der Waals surface area contributed by atoms with E-state index in [4.69, 9.17) is 0 Å². The zero-order valence-electron chi connectivity index (χ0n) is 12.2. The van der Waals surface area contributed by atoms with Crippen molar-refractivity contribution in [1.29, 1.82) is 0 Å². The van der Waals surface area contributed by atoms with E-state index in [9.17, 15) is 9.59 Å². The predicted molar refractivity (Wildman–Crippen MR) is 76.7 cm³/mol. The van der Waals surface area contributed by atoms with Gasteiger partial charge in [-0.25, -0.2) is 19.6 Å². The highest BCUT2D eigenvalue weighted by molar-refractivity contribution is 5.33. The Bertz CT molecular complexity index is 301. The van der Waals surface area contributed by atoms with Crippen molar-refractivity contribution in [2.24, 2.45) is 15.9 Å². The molecule has 0 aromatic carbocycles. The molecule has 0 bridgehead atoms. The van der Waals surface area contributed by atoms with Gasteiger partial charge in [-0.1, -0.05) is 52.4 Å². The van der Waals surface area contributed by atoms with Crippen LogP contribution in [-0.4, -0.2) is 24.7 Å². The number of nitrogens with zero attached hydrogens (tertiary/aromatic N) is 2. The fraction of sp³-hybridized carbons (Fsp3) is 0.867. The minimum absolute atomic E-state index is 0.146. The molecule has 0 spiro atoms. The Morgan fingerprint density at radius 1 is 0.895 bits per heavy atom. The largest absolute Gasteiger partial charge is 0.235 e. The predicted octanol–water partition coefficient (Wildman–Crippen LogP) is 3.80. The normalized spacial score (nSPS) is 11.7. The second-order valence-electron chi connectivity index (χ2n) is 4.89. The molecule has 0 aliphatic heterocycles. The van der Waals surface area contributed by atoms with Gasteiger partial charge < -0.3 is 0 Å². The third-order valence-corrected chi connectivity index (χ3v) is 3.65. The van der Waals surface area contributed by atoms with E-state index in [1.807, 2.05) is 0 Å². The average Bonchev–Trinajstić information content (AvgIpc) is 2.43. The summed E-state index contributed by atoms with van der Waals surface area (Å²) in [5.41, 5.74) is 0. The van der Waals surface area contributed by atoms with Gasteiger partial charge in [0, 0.05) is 0 Å². The Balaban J connectivity index is 3.75. The van der Waals surface area contributed by atoms with Gasteiger partial charge in [0.15, 0.2) is 0 Å². The first kappa shape index (κ1) is 17.8. The molecule has 4 heteroatoms. The number of carbonyl (C=O) groups excluding carboxylic acids is 2. The Morgan fingerprint density at radius 3 is 2.11 bits per heavy atom. The van der Waals surface area contributed by atoms with Crippen molar-refractivity contribution in [1.82, 2.24) is 0 Å². The van der Waals surface area contributed by atoms with E-state index >= 15 is 0 Å². The van der Waals surface area contributed by atoms with Crippen LogP contribution < -0.4 is 0 Å². The minimum Gasteiger partial charge on any atom is -0.211 e. The lowest BCUT2D eigenvalue weighted by Gasteiger charge is -2.19. The van der Waals surface area contributed by atoms with Crippen LogP contribution >= 0.6 is 0 Å². The molecule has 1 unspecified atom stereocenters. The summed E-state index contributed by atoms with van der Waals surface area (Å²) in [4.78, 5) is 27.8. The number of hydrogen-bond acceptors (Lipinski definition) is 4. The minimum atomic E-state index is 0.146. The summed E-state index contributed by atoms with van der Waals surface area (Å²) in [5, 5.41) is 0. The van der Waals surface area contributed by atoms with Crippen LogP contribution in [0.25, 0.3) is 0 Å². The first-order valence-corrected chi connectivity index (χ1v) is 7.40. The van der Waals surface area contributed by atoms with Crippen LogP contribution in [0.15, 0.2) is 9.98 Å². The van der Waals surface area contributed by atoms with Gasteiger partial charge in [0.2, 0.25) is 12.2 Å². The zero-order valence-corrected chi connectivity index (χ0v) is 12.2. The molecular weight excluding hydrogens is 240 g/mol. The summed E-state index contributed by atoms with van der Waals surface area (Å²) in [6.07, 6.45) is 11.8. The summed E-state index contributed by atoms with van der Waals surface area (Å²) in [7, 11) is 0. The molecule has 0 radical (unpaired) electrons. The van der Waals surface area contributed by atoms with Crippen LogP contribution in [0.1, 0.15) is 65.2 Å². The van der Waals surface area contributed by atoms with Crippen LogP contribution in [0.5, 0.6) is 0 Å². The molecule has 0 rings (SSSR count). The molecule has 19 heavy (non-hydrogen) atoms. The Labute approximate surface area is 116 Å². The molecule has 1 atom stereocenters. The van der Waals surface area contributed by atoms with Gasteiger partial charge in [-0.2, -0.15) is 0 Å². The van der Waals surface area contributed by atoms with Gasteiger partial charge in [0.25, 0.3) is 0 Å². The van der Waals surface area contributed by atoms with Crippen molar-refractivity contribution < 1.29 is 9.59 Å². The smallest absolute Gasteiger partial charge is 0.211 e. The molecule has 0 aromatic rings. The maximum Gasteiger partial charge on any atom is 0.235 e. The molecule has 0 saturated heterocycles. The Hall–Kier alpha value is -1.24. The first-order chi connectivity index (χ1) is 9.29. The highest BCUT2D eigenvalue weighted by Crippen LogP contribution is 2.21. The number of rotatable bonds is 12. The molecule has 0 aliphatic carbocycles. The molecular formula is C15H26N2O2. The van der Waals surface area contributed by atoms with Crippen molar-refractivity contribution in [2.75, 3.05) is 6.54 Å². The van der Waals surface area contributed by atoms with E-state index in [0.717, 1.165) is 51.4 Å². The quantitative estimate of drug-likeness (QED) is 0.306. The van der Waals surface area contributed by atoms with Crippen molar-refractivity contribution in [3.63, 3.8) is 0 Å². The maximum absolute atomic E-state index is 10.5. The highest BCUT2D eigenvalue weighted by atomic mass is 16.1. The lowest BCUT2D eigenvalue weighted by Crippen LogP contribution is -2.17. The number of isocyanates is 2. The molecule has 0 saturated carbocycles. The standard InChI is InChI=1S/C15H26N2O2/c1-3-14(4-2)15(17-13-19)10-8-6-5-7-9-11-16-12-18/h14-15H,3-11H2,1-2H3. The molecule has 4 nitrogen and oxygen atoms in total. The maximum atomic E-state index is 10.5. The summed E-state index contributed by atoms with van der Waals surface area (Å²) >= 11 is 0. The van der Waals surface area contributed by atoms with Gasteiger partial charge in [-0.05, 0) is 18.8 Å². The highest BCUT2D eigenvalue weighted by Gasteiger charge is 2.16. The van der Waals surface area contributed by atoms with Crippen LogP contribution in [0, 0.1) is 5.92 Å². The fourth-order valence-corrected chi connectivity index (χ4v) is 2.43. The van der Waals surface area contributed by atoms with Gasteiger partial charge >= 0.3 is 0 Å². The average molecular weight is 266 g/mol. The van der Waals surface area contributed by atoms with E-state index in [1.54, 1.807) is 12.2 Å². The topological polar surface area (TPSA) is 58.9 Å². The van der Waals surface area contributed by atoms with Crippen molar-refractivity contribution in [2.45, 2.75) is 71.3 Å². The van der Waals surface area contributed by atoms with Crippen LogP contribution in [0.3, 0.4) is 0 Å². The van der Waals surface area contributed by atoms with E-state index in [1.165, 1.54) is 0 Å². The number of unbranched alkanes of at least 4 members (excludes halogenated alkanes) is 4. The van der Waals surface area contributed by atoms with E-state index < -0.39 is 0 Å². The third-order valence-electron chi connectivity index (χ3n) is 3.65. The van der Waals surface area contributed by atoms with Crippen molar-refractivity contribution in [3.8, 4) is 0 Å². The van der Waals surface area contributed by atoms with Crippen molar-refractivity contribution in [3.05, 3.63) is 0 Å². The lowest BCUT2D eigenvalue weighted by molar-refractivity contribution is 0.367. The van der Waals surface area contributed by atoms with Crippen LogP contribution in [0.4, 0.5) is 0 Å². The van der Waals surface area contributed by atoms with Crippen molar-refractivity contribution >= 4 is 12.2 Å². The second-order valence-corrected chi connectivity index (χ2v) is 4.89. The monoisotopic (exact) mass is 266 g/mol. The summed E-state index contributed by atoms with van der Waals surface area (Å²) in [6, 6.07) is 0.146. The summed E-state index contributed by atoms with van der Waals surface area (Å²) in [6.45, 7) is 4.89.